The predicted octanol–water partition coefficient (Wildman–Crippen LogP) is 0.0283. The van der Waals surface area contributed by atoms with Crippen LogP contribution < -0.4 is 0 Å². The minimum absolute atomic E-state index is 0.173. The fraction of sp³-hybridized carbons (Fsp3) is 0.750. The van der Waals surface area contributed by atoms with Crippen molar-refractivity contribution < 1.29 is 8.42 Å². The maximum atomic E-state index is 11.7. The van der Waals surface area contributed by atoms with E-state index in [2.05, 4.69) is 10.00 Å². The van der Waals surface area contributed by atoms with Crippen molar-refractivity contribution >= 4 is 10.0 Å². The Labute approximate surface area is 114 Å². The number of hydrogen-bond acceptors (Lipinski definition) is 4. The van der Waals surface area contributed by atoms with E-state index in [9.17, 15) is 8.42 Å². The van der Waals surface area contributed by atoms with Crippen molar-refractivity contribution in [3.63, 3.8) is 0 Å². The van der Waals surface area contributed by atoms with E-state index in [1.807, 2.05) is 19.4 Å². The third-order valence-electron chi connectivity index (χ3n) is 4.21. The summed E-state index contributed by atoms with van der Waals surface area (Å²) in [5.41, 5.74) is 1.20. The monoisotopic (exact) mass is 284 g/mol. The molecule has 19 heavy (non-hydrogen) atoms. The Bertz CT molecular complexity index is 568. The van der Waals surface area contributed by atoms with Gasteiger partial charge >= 0.3 is 0 Å². The molecule has 0 radical (unpaired) electrons. The zero-order valence-electron chi connectivity index (χ0n) is 11.4. The van der Waals surface area contributed by atoms with E-state index in [1.54, 1.807) is 8.99 Å². The number of likely N-dealkylation sites (tertiary alicyclic amines) is 1. The summed E-state index contributed by atoms with van der Waals surface area (Å²) in [6.45, 7) is 2.50. The molecule has 0 unspecified atom stereocenters. The van der Waals surface area contributed by atoms with Gasteiger partial charge in [-0.15, -0.1) is 0 Å². The predicted molar refractivity (Wildman–Crippen MR) is 72.0 cm³/mol. The highest BCUT2D eigenvalue weighted by Crippen LogP contribution is 2.33. The molecular weight excluding hydrogens is 264 g/mol. The Morgan fingerprint density at radius 1 is 1.32 bits per heavy atom. The lowest BCUT2D eigenvalue weighted by atomic mass is 10.1. The van der Waals surface area contributed by atoms with Crippen LogP contribution in [0.5, 0.6) is 0 Å². The van der Waals surface area contributed by atoms with Gasteiger partial charge in [0.15, 0.2) is 0 Å². The first-order chi connectivity index (χ1) is 8.95. The molecule has 1 aromatic rings. The first-order valence-electron chi connectivity index (χ1n) is 6.63. The van der Waals surface area contributed by atoms with E-state index in [4.69, 9.17) is 0 Å². The van der Waals surface area contributed by atoms with Gasteiger partial charge in [0.2, 0.25) is 10.0 Å². The van der Waals surface area contributed by atoms with Gasteiger partial charge < -0.3 is 0 Å². The normalized spacial score (nSPS) is 28.9. The molecule has 2 fully saturated rings. The summed E-state index contributed by atoms with van der Waals surface area (Å²) in [4.78, 5) is 2.40. The van der Waals surface area contributed by atoms with E-state index >= 15 is 0 Å². The van der Waals surface area contributed by atoms with Crippen LogP contribution in [0.2, 0.25) is 0 Å². The molecular formula is C12H20N4O2S. The third-order valence-corrected chi connectivity index (χ3v) is 5.52. The minimum Gasteiger partial charge on any atom is -0.294 e. The first kappa shape index (κ1) is 13.1. The van der Waals surface area contributed by atoms with Crippen LogP contribution in [-0.4, -0.2) is 58.8 Å². The minimum atomic E-state index is -3.06. The molecule has 0 N–H and O–H groups in total. The quantitative estimate of drug-likeness (QED) is 0.786. The second-order valence-corrected chi connectivity index (χ2v) is 7.51. The van der Waals surface area contributed by atoms with Crippen molar-refractivity contribution in [1.29, 1.82) is 0 Å². The van der Waals surface area contributed by atoms with Gasteiger partial charge in [-0.2, -0.15) is 9.40 Å². The lowest BCUT2D eigenvalue weighted by molar-refractivity contribution is 0.240. The van der Waals surface area contributed by atoms with Gasteiger partial charge in [-0.05, 0) is 12.8 Å². The van der Waals surface area contributed by atoms with Crippen LogP contribution in [0.25, 0.3) is 0 Å². The molecule has 2 aliphatic rings. The van der Waals surface area contributed by atoms with E-state index in [-0.39, 0.29) is 6.04 Å². The number of aromatic nitrogens is 2. The van der Waals surface area contributed by atoms with Crippen molar-refractivity contribution in [2.24, 2.45) is 7.05 Å². The Kier molecular flexibility index (Phi) is 3.15. The molecule has 3 heterocycles. The second-order valence-electron chi connectivity index (χ2n) is 5.58. The van der Waals surface area contributed by atoms with Gasteiger partial charge in [-0.25, -0.2) is 8.42 Å². The van der Waals surface area contributed by atoms with Gasteiger partial charge in [0.05, 0.1) is 12.5 Å². The summed E-state index contributed by atoms with van der Waals surface area (Å²) in [5, 5.41) is 4.18. The molecule has 106 valence electrons. The second kappa shape index (κ2) is 4.57. The maximum absolute atomic E-state index is 11.7. The van der Waals surface area contributed by atoms with Crippen LogP contribution in [-0.2, 0) is 23.6 Å². The van der Waals surface area contributed by atoms with E-state index in [1.165, 1.54) is 11.8 Å². The molecule has 3 rings (SSSR count). The topological polar surface area (TPSA) is 58.4 Å². The van der Waals surface area contributed by atoms with Crippen LogP contribution in [0.4, 0.5) is 0 Å². The van der Waals surface area contributed by atoms with Crippen molar-refractivity contribution in [3.05, 3.63) is 18.0 Å². The average Bonchev–Trinajstić information content (AvgIpc) is 2.95. The number of hydrogen-bond donors (Lipinski definition) is 0. The summed E-state index contributed by atoms with van der Waals surface area (Å²) in [7, 11) is -1.14. The molecule has 2 atom stereocenters. The Hall–Kier alpha value is -0.920. The van der Waals surface area contributed by atoms with Gasteiger partial charge in [-0.3, -0.25) is 9.58 Å². The highest BCUT2D eigenvalue weighted by Gasteiger charge is 2.45. The van der Waals surface area contributed by atoms with E-state index in [0.717, 1.165) is 25.9 Å². The van der Waals surface area contributed by atoms with Crippen LogP contribution in [0, 0.1) is 0 Å². The average molecular weight is 284 g/mol. The molecule has 0 spiro atoms. The smallest absolute Gasteiger partial charge is 0.211 e. The molecule has 2 aliphatic heterocycles. The summed E-state index contributed by atoms with van der Waals surface area (Å²) >= 11 is 0. The molecule has 0 saturated carbocycles. The molecule has 0 amide bonds. The summed E-state index contributed by atoms with van der Waals surface area (Å²) < 4.78 is 27.0. The van der Waals surface area contributed by atoms with Gasteiger partial charge in [0, 0.05) is 50.5 Å². The van der Waals surface area contributed by atoms with Gasteiger partial charge in [0.25, 0.3) is 0 Å². The summed E-state index contributed by atoms with van der Waals surface area (Å²) in [5.74, 6) is 0. The highest BCUT2D eigenvalue weighted by atomic mass is 32.2. The SMILES string of the molecule is Cn1cc(CN2CC[C@@H]3[C@@H]2CCN3S(C)(=O)=O)cn1. The maximum Gasteiger partial charge on any atom is 0.211 e. The van der Waals surface area contributed by atoms with Crippen molar-refractivity contribution in [1.82, 2.24) is 19.0 Å². The van der Waals surface area contributed by atoms with E-state index in [0.29, 0.717) is 12.6 Å². The number of aryl methyl sites for hydroxylation is 1. The van der Waals surface area contributed by atoms with Crippen LogP contribution in [0.1, 0.15) is 18.4 Å². The molecule has 6 nitrogen and oxygen atoms in total. The zero-order chi connectivity index (χ0) is 13.6. The largest absolute Gasteiger partial charge is 0.294 e. The standard InChI is InChI=1S/C12H20N4O2S/c1-14-8-10(7-13-14)9-15-5-3-12-11(15)4-6-16(12)19(2,17)18/h7-8,11-12H,3-6,9H2,1-2H3/t11-,12+/m0/s1. The lowest BCUT2D eigenvalue weighted by Crippen LogP contribution is -2.38. The van der Waals surface area contributed by atoms with Crippen molar-refractivity contribution in [2.45, 2.75) is 31.5 Å². The lowest BCUT2D eigenvalue weighted by Gasteiger charge is -2.24. The molecule has 7 heteroatoms. The fourth-order valence-corrected chi connectivity index (χ4v) is 4.61. The summed E-state index contributed by atoms with van der Waals surface area (Å²) in [6, 6.07) is 0.543. The first-order valence-corrected chi connectivity index (χ1v) is 8.48. The Morgan fingerprint density at radius 2 is 2.05 bits per heavy atom. The number of nitrogens with zero attached hydrogens (tertiary/aromatic N) is 4. The fourth-order valence-electron chi connectivity index (χ4n) is 3.43. The van der Waals surface area contributed by atoms with Crippen molar-refractivity contribution in [3.8, 4) is 0 Å². The Balaban J connectivity index is 1.72. The third kappa shape index (κ3) is 2.42. The zero-order valence-corrected chi connectivity index (χ0v) is 12.2. The van der Waals surface area contributed by atoms with Crippen LogP contribution >= 0.6 is 0 Å². The van der Waals surface area contributed by atoms with Gasteiger partial charge in [0.1, 0.15) is 0 Å². The summed E-state index contributed by atoms with van der Waals surface area (Å²) in [6.07, 6.45) is 7.11. The van der Waals surface area contributed by atoms with Crippen LogP contribution in [0.15, 0.2) is 12.4 Å². The highest BCUT2D eigenvalue weighted by molar-refractivity contribution is 7.88. The number of fused-ring (bicyclic) bond motifs is 1. The number of rotatable bonds is 3. The number of sulfonamides is 1. The molecule has 0 aliphatic carbocycles. The van der Waals surface area contributed by atoms with E-state index < -0.39 is 10.0 Å². The van der Waals surface area contributed by atoms with Crippen molar-refractivity contribution in [2.75, 3.05) is 19.3 Å². The van der Waals surface area contributed by atoms with Gasteiger partial charge in [-0.1, -0.05) is 0 Å². The molecule has 0 aromatic carbocycles. The molecule has 1 aromatic heterocycles. The van der Waals surface area contributed by atoms with Crippen LogP contribution in [0.3, 0.4) is 0 Å². The Morgan fingerprint density at radius 3 is 2.68 bits per heavy atom. The molecule has 0 bridgehead atoms. The molecule has 2 saturated heterocycles.